The average molecular weight is 237 g/mol. The van der Waals surface area contributed by atoms with E-state index in [1.165, 1.54) is 34.2 Å². The summed E-state index contributed by atoms with van der Waals surface area (Å²) >= 11 is 0. The predicted molar refractivity (Wildman–Crippen MR) is 66.2 cm³/mol. The Kier molecular flexibility index (Phi) is 3.78. The molecule has 0 saturated carbocycles. The molecule has 0 spiro atoms. The Morgan fingerprint density at radius 3 is 3.00 bits per heavy atom. The summed E-state index contributed by atoms with van der Waals surface area (Å²) in [6.45, 7) is 2.62. The van der Waals surface area contributed by atoms with Crippen LogP contribution in [0, 0.1) is 5.92 Å². The zero-order valence-electron chi connectivity index (χ0n) is 10.2. The van der Waals surface area contributed by atoms with Crippen molar-refractivity contribution < 1.29 is 0 Å². The highest BCUT2D eigenvalue weighted by Crippen LogP contribution is 2.13. The number of nitrogens with zero attached hydrogens (tertiary/aromatic N) is 2. The van der Waals surface area contributed by atoms with Crippen molar-refractivity contribution in [2.75, 3.05) is 13.1 Å². The Labute approximate surface area is 100 Å². The van der Waals surface area contributed by atoms with E-state index in [1.807, 2.05) is 0 Å². The van der Waals surface area contributed by atoms with Crippen LogP contribution in [-0.4, -0.2) is 22.2 Å². The number of hydrogen-bond donors (Lipinski definition) is 1. The Balaban J connectivity index is 2.06. The number of hydrogen-bond acceptors (Lipinski definition) is 3. The van der Waals surface area contributed by atoms with Gasteiger partial charge in [-0.1, -0.05) is 0 Å². The fourth-order valence-electron chi connectivity index (χ4n) is 2.30. The van der Waals surface area contributed by atoms with Crippen molar-refractivity contribution >= 4 is 0 Å². The van der Waals surface area contributed by atoms with Crippen LogP contribution in [-0.2, 0) is 13.6 Å². The molecule has 0 radical (unpaired) electrons. The molecule has 17 heavy (non-hydrogen) atoms. The molecule has 1 aliphatic rings. The van der Waals surface area contributed by atoms with Crippen molar-refractivity contribution in [2.24, 2.45) is 13.0 Å². The molecule has 2 rings (SSSR count). The van der Waals surface area contributed by atoms with E-state index in [1.54, 1.807) is 7.05 Å². The lowest BCUT2D eigenvalue weighted by Gasteiger charge is -2.22. The summed E-state index contributed by atoms with van der Waals surface area (Å²) < 4.78 is 2.77. The molecule has 1 unspecified atom stereocenters. The molecule has 1 aliphatic heterocycles. The molecule has 1 N–H and O–H groups in total. The van der Waals surface area contributed by atoms with Crippen molar-refractivity contribution in [2.45, 2.75) is 25.8 Å². The fraction of sp³-hybridized carbons (Fsp3) is 0.667. The number of piperidine rings is 1. The number of rotatable bonds is 3. The van der Waals surface area contributed by atoms with E-state index < -0.39 is 0 Å². The monoisotopic (exact) mass is 237 g/mol. The molecular weight excluding hydrogens is 218 g/mol. The molecule has 5 heteroatoms. The minimum absolute atomic E-state index is 0.197. The standard InChI is InChI=1S/C12H19N3O2/c1-14-7-5-11(16)15(12(14)17)8-4-10-3-2-6-13-9-10/h5,7,10,13H,2-4,6,8-9H2,1H3. The van der Waals surface area contributed by atoms with Gasteiger partial charge < -0.3 is 9.88 Å². The average Bonchev–Trinajstić information content (AvgIpc) is 2.35. The number of aryl methyl sites for hydroxylation is 1. The second-order valence-electron chi connectivity index (χ2n) is 4.70. The highest BCUT2D eigenvalue weighted by atomic mass is 16.2. The molecule has 2 heterocycles. The predicted octanol–water partition coefficient (Wildman–Crippen LogP) is -0.0633. The lowest BCUT2D eigenvalue weighted by Crippen LogP contribution is -2.39. The molecule has 1 atom stereocenters. The minimum Gasteiger partial charge on any atom is -0.316 e. The van der Waals surface area contributed by atoms with Gasteiger partial charge in [-0.2, -0.15) is 0 Å². The molecule has 0 aliphatic carbocycles. The van der Waals surface area contributed by atoms with Gasteiger partial charge in [-0.05, 0) is 38.3 Å². The van der Waals surface area contributed by atoms with Crippen LogP contribution < -0.4 is 16.6 Å². The zero-order valence-corrected chi connectivity index (χ0v) is 10.2. The van der Waals surface area contributed by atoms with E-state index in [2.05, 4.69) is 5.32 Å². The molecule has 5 nitrogen and oxygen atoms in total. The maximum atomic E-state index is 11.8. The molecule has 1 saturated heterocycles. The van der Waals surface area contributed by atoms with E-state index in [4.69, 9.17) is 0 Å². The van der Waals surface area contributed by atoms with Crippen LogP contribution in [0.15, 0.2) is 21.9 Å². The number of nitrogens with one attached hydrogen (secondary N) is 1. The van der Waals surface area contributed by atoms with Crippen LogP contribution in [0.1, 0.15) is 19.3 Å². The van der Waals surface area contributed by atoms with Gasteiger partial charge in [-0.25, -0.2) is 4.79 Å². The first-order chi connectivity index (χ1) is 8.18. The van der Waals surface area contributed by atoms with E-state index in [0.29, 0.717) is 12.5 Å². The zero-order chi connectivity index (χ0) is 12.3. The third-order valence-corrected chi connectivity index (χ3v) is 3.40. The first kappa shape index (κ1) is 12.1. The van der Waals surface area contributed by atoms with E-state index in [0.717, 1.165) is 19.5 Å². The van der Waals surface area contributed by atoms with Gasteiger partial charge in [0.05, 0.1) is 0 Å². The minimum atomic E-state index is -0.221. The van der Waals surface area contributed by atoms with Crippen LogP contribution in [0.4, 0.5) is 0 Å². The van der Waals surface area contributed by atoms with Crippen molar-refractivity contribution in [1.29, 1.82) is 0 Å². The lowest BCUT2D eigenvalue weighted by atomic mass is 9.96. The van der Waals surface area contributed by atoms with Crippen LogP contribution in [0.5, 0.6) is 0 Å². The fourth-order valence-corrected chi connectivity index (χ4v) is 2.30. The third-order valence-electron chi connectivity index (χ3n) is 3.40. The molecule has 1 aromatic heterocycles. The molecule has 0 bridgehead atoms. The highest BCUT2D eigenvalue weighted by molar-refractivity contribution is 4.85. The van der Waals surface area contributed by atoms with Gasteiger partial charge in [0.2, 0.25) is 0 Å². The Hall–Kier alpha value is -1.36. The molecular formula is C12H19N3O2. The molecule has 1 fully saturated rings. The van der Waals surface area contributed by atoms with Gasteiger partial charge in [-0.3, -0.25) is 9.36 Å². The van der Waals surface area contributed by atoms with Gasteiger partial charge in [0, 0.05) is 25.9 Å². The summed E-state index contributed by atoms with van der Waals surface area (Å²) in [6.07, 6.45) is 4.79. The van der Waals surface area contributed by atoms with Crippen LogP contribution in [0.2, 0.25) is 0 Å². The summed E-state index contributed by atoms with van der Waals surface area (Å²) in [5.41, 5.74) is -0.418. The smallest absolute Gasteiger partial charge is 0.316 e. The van der Waals surface area contributed by atoms with E-state index in [-0.39, 0.29) is 11.2 Å². The van der Waals surface area contributed by atoms with Crippen molar-refractivity contribution in [3.8, 4) is 0 Å². The maximum Gasteiger partial charge on any atom is 0.330 e. The quantitative estimate of drug-likeness (QED) is 0.801. The van der Waals surface area contributed by atoms with E-state index in [9.17, 15) is 9.59 Å². The van der Waals surface area contributed by atoms with Crippen LogP contribution >= 0.6 is 0 Å². The number of aromatic nitrogens is 2. The van der Waals surface area contributed by atoms with Gasteiger partial charge in [-0.15, -0.1) is 0 Å². The lowest BCUT2D eigenvalue weighted by molar-refractivity contribution is 0.336. The van der Waals surface area contributed by atoms with Crippen molar-refractivity contribution in [3.05, 3.63) is 33.1 Å². The maximum absolute atomic E-state index is 11.8. The first-order valence-corrected chi connectivity index (χ1v) is 6.15. The van der Waals surface area contributed by atoms with Crippen molar-refractivity contribution in [3.63, 3.8) is 0 Å². The van der Waals surface area contributed by atoms with E-state index >= 15 is 0 Å². The second kappa shape index (κ2) is 5.31. The Morgan fingerprint density at radius 1 is 1.47 bits per heavy atom. The summed E-state index contributed by atoms with van der Waals surface area (Å²) in [5, 5.41) is 3.34. The van der Waals surface area contributed by atoms with Crippen LogP contribution in [0.25, 0.3) is 0 Å². The normalized spacial score (nSPS) is 20.4. The molecule has 0 amide bonds. The molecule has 94 valence electrons. The SMILES string of the molecule is Cn1ccc(=O)n(CCC2CCCNC2)c1=O. The third kappa shape index (κ3) is 2.85. The Morgan fingerprint density at radius 2 is 2.29 bits per heavy atom. The summed E-state index contributed by atoms with van der Waals surface area (Å²) in [6, 6.07) is 1.44. The second-order valence-corrected chi connectivity index (χ2v) is 4.70. The molecule has 0 aromatic carbocycles. The topological polar surface area (TPSA) is 56.0 Å². The summed E-state index contributed by atoms with van der Waals surface area (Å²) in [7, 11) is 1.67. The van der Waals surface area contributed by atoms with Crippen LogP contribution in [0.3, 0.4) is 0 Å². The molecule has 1 aromatic rings. The van der Waals surface area contributed by atoms with Gasteiger partial charge in [0.15, 0.2) is 0 Å². The first-order valence-electron chi connectivity index (χ1n) is 6.15. The van der Waals surface area contributed by atoms with Crippen molar-refractivity contribution in [1.82, 2.24) is 14.5 Å². The largest absolute Gasteiger partial charge is 0.330 e. The summed E-state index contributed by atoms with van der Waals surface area (Å²) in [5.74, 6) is 0.584. The Bertz CT molecular complexity index is 483. The highest BCUT2D eigenvalue weighted by Gasteiger charge is 2.13. The van der Waals surface area contributed by atoms with Gasteiger partial charge in [0.1, 0.15) is 0 Å². The summed E-state index contributed by atoms with van der Waals surface area (Å²) in [4.78, 5) is 23.4. The van der Waals surface area contributed by atoms with Gasteiger partial charge >= 0.3 is 5.69 Å². The van der Waals surface area contributed by atoms with Gasteiger partial charge in [0.25, 0.3) is 5.56 Å².